The van der Waals surface area contributed by atoms with Crippen molar-refractivity contribution >= 4 is 17.5 Å². The molecule has 2 aromatic rings. The van der Waals surface area contributed by atoms with Gasteiger partial charge in [0.15, 0.2) is 0 Å². The summed E-state index contributed by atoms with van der Waals surface area (Å²) in [6.45, 7) is 4.54. The van der Waals surface area contributed by atoms with Crippen LogP contribution < -0.4 is 5.32 Å². The lowest BCUT2D eigenvalue weighted by Gasteiger charge is -2.09. The van der Waals surface area contributed by atoms with Gasteiger partial charge in [0.2, 0.25) is 5.91 Å². The van der Waals surface area contributed by atoms with E-state index in [1.807, 2.05) is 50.2 Å². The standard InChI is InChI=1S/C17H18ClNO/c1-12-7-8-14(13(2)9-12)10-17(20)19-11-15-5-3-4-6-16(15)18/h3-9H,10-11H2,1-2H3,(H,19,20). The van der Waals surface area contributed by atoms with Gasteiger partial charge < -0.3 is 5.32 Å². The molecule has 0 aliphatic carbocycles. The fourth-order valence-electron chi connectivity index (χ4n) is 2.12. The predicted octanol–water partition coefficient (Wildman–Crippen LogP) is 3.82. The molecule has 0 aliphatic rings. The fraction of sp³-hybridized carbons (Fsp3) is 0.235. The van der Waals surface area contributed by atoms with Gasteiger partial charge in [0, 0.05) is 11.6 Å². The van der Waals surface area contributed by atoms with Gasteiger partial charge in [-0.05, 0) is 36.6 Å². The van der Waals surface area contributed by atoms with Gasteiger partial charge in [-0.1, -0.05) is 53.6 Å². The maximum absolute atomic E-state index is 12.0. The largest absolute Gasteiger partial charge is 0.352 e. The molecule has 2 nitrogen and oxygen atoms in total. The minimum absolute atomic E-state index is 0.0110. The molecule has 0 saturated heterocycles. The number of carbonyl (C=O) groups is 1. The zero-order valence-corrected chi connectivity index (χ0v) is 12.5. The summed E-state index contributed by atoms with van der Waals surface area (Å²) in [5, 5.41) is 3.59. The normalized spacial score (nSPS) is 10.3. The van der Waals surface area contributed by atoms with E-state index in [1.165, 1.54) is 5.56 Å². The number of nitrogens with one attached hydrogen (secondary N) is 1. The van der Waals surface area contributed by atoms with Gasteiger partial charge in [-0.15, -0.1) is 0 Å². The zero-order chi connectivity index (χ0) is 14.5. The third-order valence-corrected chi connectivity index (χ3v) is 3.65. The number of rotatable bonds is 4. The number of hydrogen-bond donors (Lipinski definition) is 1. The highest BCUT2D eigenvalue weighted by Crippen LogP contribution is 2.15. The van der Waals surface area contributed by atoms with Gasteiger partial charge in [0.1, 0.15) is 0 Å². The van der Waals surface area contributed by atoms with Crippen molar-refractivity contribution in [3.8, 4) is 0 Å². The van der Waals surface area contributed by atoms with Crippen LogP contribution in [-0.2, 0) is 17.8 Å². The van der Waals surface area contributed by atoms with E-state index >= 15 is 0 Å². The van der Waals surface area contributed by atoms with Crippen LogP contribution in [0.2, 0.25) is 5.02 Å². The molecule has 20 heavy (non-hydrogen) atoms. The van der Waals surface area contributed by atoms with Crippen LogP contribution in [-0.4, -0.2) is 5.91 Å². The summed E-state index contributed by atoms with van der Waals surface area (Å²) < 4.78 is 0. The molecule has 0 atom stereocenters. The highest BCUT2D eigenvalue weighted by Gasteiger charge is 2.07. The van der Waals surface area contributed by atoms with E-state index in [4.69, 9.17) is 11.6 Å². The maximum atomic E-state index is 12.0. The van der Waals surface area contributed by atoms with Crippen LogP contribution in [0.1, 0.15) is 22.3 Å². The van der Waals surface area contributed by atoms with Crippen molar-refractivity contribution in [1.82, 2.24) is 5.32 Å². The van der Waals surface area contributed by atoms with E-state index < -0.39 is 0 Å². The molecule has 0 heterocycles. The Labute approximate surface area is 124 Å². The van der Waals surface area contributed by atoms with Gasteiger partial charge in [0.05, 0.1) is 6.42 Å². The molecule has 0 radical (unpaired) electrons. The summed E-state index contributed by atoms with van der Waals surface area (Å²) >= 11 is 6.06. The molecule has 2 rings (SSSR count). The summed E-state index contributed by atoms with van der Waals surface area (Å²) in [5.74, 6) is 0.0110. The predicted molar refractivity (Wildman–Crippen MR) is 82.9 cm³/mol. The van der Waals surface area contributed by atoms with Crippen molar-refractivity contribution in [3.63, 3.8) is 0 Å². The molecule has 0 aliphatic heterocycles. The maximum Gasteiger partial charge on any atom is 0.224 e. The highest BCUT2D eigenvalue weighted by atomic mass is 35.5. The van der Waals surface area contributed by atoms with Crippen molar-refractivity contribution in [2.24, 2.45) is 0 Å². The van der Waals surface area contributed by atoms with Crippen LogP contribution in [0.4, 0.5) is 0 Å². The molecule has 3 heteroatoms. The fourth-order valence-corrected chi connectivity index (χ4v) is 2.32. The van der Waals surface area contributed by atoms with Crippen LogP contribution in [0, 0.1) is 13.8 Å². The first-order chi connectivity index (χ1) is 9.56. The summed E-state index contributed by atoms with van der Waals surface area (Å²) in [4.78, 5) is 12.0. The molecule has 0 spiro atoms. The third-order valence-electron chi connectivity index (χ3n) is 3.28. The lowest BCUT2D eigenvalue weighted by Crippen LogP contribution is -2.25. The summed E-state index contributed by atoms with van der Waals surface area (Å²) in [7, 11) is 0. The number of aryl methyl sites for hydroxylation is 2. The van der Waals surface area contributed by atoms with E-state index in [9.17, 15) is 4.79 Å². The van der Waals surface area contributed by atoms with E-state index in [0.717, 1.165) is 16.7 Å². The Morgan fingerprint density at radius 3 is 2.55 bits per heavy atom. The topological polar surface area (TPSA) is 29.1 Å². The van der Waals surface area contributed by atoms with Crippen LogP contribution in [0.3, 0.4) is 0 Å². The number of benzene rings is 2. The quantitative estimate of drug-likeness (QED) is 0.910. The van der Waals surface area contributed by atoms with Crippen molar-refractivity contribution in [2.45, 2.75) is 26.8 Å². The lowest BCUT2D eigenvalue weighted by atomic mass is 10.0. The zero-order valence-electron chi connectivity index (χ0n) is 11.7. The average Bonchev–Trinajstić information content (AvgIpc) is 2.41. The summed E-state index contributed by atoms with van der Waals surface area (Å²) in [6.07, 6.45) is 0.399. The van der Waals surface area contributed by atoms with E-state index in [-0.39, 0.29) is 5.91 Å². The van der Waals surface area contributed by atoms with Crippen molar-refractivity contribution < 1.29 is 4.79 Å². The second-order valence-electron chi connectivity index (χ2n) is 4.97. The third kappa shape index (κ3) is 3.84. The second kappa shape index (κ2) is 6.58. The van der Waals surface area contributed by atoms with E-state index in [2.05, 4.69) is 11.4 Å². The molecule has 1 N–H and O–H groups in total. The van der Waals surface area contributed by atoms with Crippen LogP contribution in [0.15, 0.2) is 42.5 Å². The Hall–Kier alpha value is -1.80. The van der Waals surface area contributed by atoms with Gasteiger partial charge >= 0.3 is 0 Å². The molecular weight excluding hydrogens is 270 g/mol. The van der Waals surface area contributed by atoms with E-state index in [0.29, 0.717) is 18.0 Å². The van der Waals surface area contributed by atoms with Crippen LogP contribution in [0.5, 0.6) is 0 Å². The summed E-state index contributed by atoms with van der Waals surface area (Å²) in [5.41, 5.74) is 4.36. The smallest absolute Gasteiger partial charge is 0.224 e. The Balaban J connectivity index is 1.94. The molecule has 0 saturated carbocycles. The first kappa shape index (κ1) is 14.6. The molecule has 1 amide bonds. The van der Waals surface area contributed by atoms with Crippen molar-refractivity contribution in [1.29, 1.82) is 0 Å². The van der Waals surface area contributed by atoms with Crippen molar-refractivity contribution in [3.05, 3.63) is 69.7 Å². The first-order valence-corrected chi connectivity index (χ1v) is 7.00. The molecule has 0 unspecified atom stereocenters. The Morgan fingerprint density at radius 1 is 1.10 bits per heavy atom. The SMILES string of the molecule is Cc1ccc(CC(=O)NCc2ccccc2Cl)c(C)c1. The molecular formula is C17H18ClNO. The lowest BCUT2D eigenvalue weighted by molar-refractivity contribution is -0.120. The number of halogens is 1. The minimum Gasteiger partial charge on any atom is -0.352 e. The minimum atomic E-state index is 0.0110. The van der Waals surface area contributed by atoms with Crippen LogP contribution >= 0.6 is 11.6 Å². The molecule has 0 aromatic heterocycles. The van der Waals surface area contributed by atoms with Gasteiger partial charge in [0.25, 0.3) is 0 Å². The number of hydrogen-bond acceptors (Lipinski definition) is 1. The van der Waals surface area contributed by atoms with Crippen molar-refractivity contribution in [2.75, 3.05) is 0 Å². The first-order valence-electron chi connectivity index (χ1n) is 6.62. The van der Waals surface area contributed by atoms with Crippen LogP contribution in [0.25, 0.3) is 0 Å². The van der Waals surface area contributed by atoms with E-state index in [1.54, 1.807) is 0 Å². The molecule has 104 valence electrons. The van der Waals surface area contributed by atoms with Gasteiger partial charge in [-0.2, -0.15) is 0 Å². The Kier molecular flexibility index (Phi) is 4.80. The molecule has 2 aromatic carbocycles. The molecule has 0 bridgehead atoms. The summed E-state index contributed by atoms with van der Waals surface area (Å²) in [6, 6.07) is 13.7. The molecule has 0 fully saturated rings. The van der Waals surface area contributed by atoms with Gasteiger partial charge in [-0.3, -0.25) is 4.79 Å². The second-order valence-corrected chi connectivity index (χ2v) is 5.38. The highest BCUT2D eigenvalue weighted by molar-refractivity contribution is 6.31. The number of amides is 1. The monoisotopic (exact) mass is 287 g/mol. The average molecular weight is 288 g/mol. The van der Waals surface area contributed by atoms with Gasteiger partial charge in [-0.25, -0.2) is 0 Å². The Bertz CT molecular complexity index is 622. The Morgan fingerprint density at radius 2 is 1.85 bits per heavy atom. The number of carbonyl (C=O) groups excluding carboxylic acids is 1.